The van der Waals surface area contributed by atoms with E-state index in [1.807, 2.05) is 42.4 Å². The van der Waals surface area contributed by atoms with Gasteiger partial charge in [0, 0.05) is 31.3 Å². The highest BCUT2D eigenvalue weighted by molar-refractivity contribution is 6.02. The van der Waals surface area contributed by atoms with Crippen LogP contribution >= 0.6 is 0 Å². The standard InChI is InChI=1S/C27H40N4O3.C2H6/c1-19-9-8-10-21(20(19)2)28-26(33)27(3)18-30-22-11-16-34-24(22)17-23(30)25(32)31(27)15-14-29-12-6-4-5-7-13-29;1-2/h11,16-17,19-21H,4-10,12-15,18H2,1-3H3,(H,28,33);1-2H3. The average Bonchev–Trinajstić information content (AvgIpc) is 3.36. The lowest BCUT2D eigenvalue weighted by molar-refractivity contribution is -0.134. The Morgan fingerprint density at radius 2 is 1.81 bits per heavy atom. The van der Waals surface area contributed by atoms with Crippen molar-refractivity contribution in [2.45, 2.75) is 97.7 Å². The van der Waals surface area contributed by atoms with Crippen LogP contribution < -0.4 is 5.32 Å². The molecule has 4 heterocycles. The summed E-state index contributed by atoms with van der Waals surface area (Å²) in [5, 5.41) is 3.39. The number of fused-ring (bicyclic) bond motifs is 3. The van der Waals surface area contributed by atoms with Crippen molar-refractivity contribution in [1.82, 2.24) is 19.7 Å². The number of carbonyl (C=O) groups excluding carboxylic acids is 2. The van der Waals surface area contributed by atoms with Crippen molar-refractivity contribution in [3.05, 3.63) is 24.1 Å². The van der Waals surface area contributed by atoms with Crippen molar-refractivity contribution in [3.8, 4) is 0 Å². The molecule has 3 aliphatic rings. The molecule has 4 atom stereocenters. The Morgan fingerprint density at radius 1 is 1.08 bits per heavy atom. The summed E-state index contributed by atoms with van der Waals surface area (Å²) in [7, 11) is 0. The summed E-state index contributed by atoms with van der Waals surface area (Å²) in [4.78, 5) is 32.1. The van der Waals surface area contributed by atoms with Gasteiger partial charge in [0.2, 0.25) is 5.91 Å². The third kappa shape index (κ3) is 5.09. The van der Waals surface area contributed by atoms with Gasteiger partial charge in [0.15, 0.2) is 5.58 Å². The van der Waals surface area contributed by atoms with Gasteiger partial charge >= 0.3 is 0 Å². The van der Waals surface area contributed by atoms with Crippen molar-refractivity contribution in [1.29, 1.82) is 0 Å². The van der Waals surface area contributed by atoms with E-state index < -0.39 is 5.54 Å². The Balaban J connectivity index is 0.00000148. The first-order chi connectivity index (χ1) is 17.4. The van der Waals surface area contributed by atoms with Gasteiger partial charge in [-0.25, -0.2) is 0 Å². The maximum Gasteiger partial charge on any atom is 0.271 e. The van der Waals surface area contributed by atoms with Crippen LogP contribution in [0.4, 0.5) is 0 Å². The first-order valence-corrected chi connectivity index (χ1v) is 14.3. The first-order valence-electron chi connectivity index (χ1n) is 14.3. The number of furan rings is 1. The van der Waals surface area contributed by atoms with Crippen molar-refractivity contribution in [2.75, 3.05) is 26.2 Å². The molecule has 2 aromatic rings. The number of nitrogens with one attached hydrogen (secondary N) is 1. The maximum absolute atomic E-state index is 14.0. The summed E-state index contributed by atoms with van der Waals surface area (Å²) in [6.45, 7) is 14.4. The molecule has 36 heavy (non-hydrogen) atoms. The van der Waals surface area contributed by atoms with Crippen LogP contribution in [0.5, 0.6) is 0 Å². The van der Waals surface area contributed by atoms with Crippen molar-refractivity contribution in [3.63, 3.8) is 0 Å². The monoisotopic (exact) mass is 498 g/mol. The molecule has 0 radical (unpaired) electrons. The van der Waals surface area contributed by atoms with Crippen LogP contribution in [0.3, 0.4) is 0 Å². The zero-order chi connectivity index (χ0) is 25.9. The highest BCUT2D eigenvalue weighted by Gasteiger charge is 2.48. The van der Waals surface area contributed by atoms with Gasteiger partial charge in [-0.05, 0) is 51.1 Å². The normalized spacial score (nSPS) is 29.3. The zero-order valence-electron chi connectivity index (χ0n) is 23.0. The minimum absolute atomic E-state index is 0.0290. The summed E-state index contributed by atoms with van der Waals surface area (Å²) in [6.07, 6.45) is 10.0. The lowest BCUT2D eigenvalue weighted by atomic mass is 9.77. The molecule has 1 aliphatic carbocycles. The van der Waals surface area contributed by atoms with Gasteiger partial charge in [-0.15, -0.1) is 0 Å². The zero-order valence-corrected chi connectivity index (χ0v) is 23.0. The Morgan fingerprint density at radius 3 is 2.53 bits per heavy atom. The van der Waals surface area contributed by atoms with Gasteiger partial charge in [-0.2, -0.15) is 0 Å². The molecule has 2 amide bonds. The van der Waals surface area contributed by atoms with E-state index in [1.165, 1.54) is 32.1 Å². The van der Waals surface area contributed by atoms with Crippen LogP contribution in [0, 0.1) is 11.8 Å². The lowest BCUT2D eigenvalue weighted by Gasteiger charge is -2.46. The largest absolute Gasteiger partial charge is 0.463 e. The number of likely N-dealkylation sites (tertiary alicyclic amines) is 1. The fourth-order valence-corrected chi connectivity index (χ4v) is 6.33. The highest BCUT2D eigenvalue weighted by atomic mass is 16.3. The van der Waals surface area contributed by atoms with E-state index in [4.69, 9.17) is 4.42 Å². The molecular weight excluding hydrogens is 452 g/mol. The molecule has 1 N–H and O–H groups in total. The molecular formula is C29H46N4O3. The maximum atomic E-state index is 14.0. The summed E-state index contributed by atoms with van der Waals surface area (Å²) in [5.41, 5.74) is 1.26. The van der Waals surface area contributed by atoms with E-state index in [-0.39, 0.29) is 17.9 Å². The molecule has 200 valence electrons. The van der Waals surface area contributed by atoms with Gasteiger partial charge in [-0.1, -0.05) is 53.4 Å². The quantitative estimate of drug-likeness (QED) is 0.608. The van der Waals surface area contributed by atoms with Gasteiger partial charge in [-0.3, -0.25) is 9.59 Å². The number of carbonyl (C=O) groups is 2. The van der Waals surface area contributed by atoms with E-state index in [9.17, 15) is 9.59 Å². The molecule has 4 unspecified atom stereocenters. The Labute approximate surface area is 216 Å². The SMILES string of the molecule is CC.CC1CCCC(NC(=O)C2(C)Cn3c(cc4occc43)C(=O)N2CCN2CCCCCC2)C1C. The topological polar surface area (TPSA) is 70.7 Å². The molecule has 2 aromatic heterocycles. The summed E-state index contributed by atoms with van der Waals surface area (Å²) < 4.78 is 7.58. The van der Waals surface area contributed by atoms with Crippen molar-refractivity contribution in [2.24, 2.45) is 11.8 Å². The number of nitrogens with zero attached hydrogens (tertiary/aromatic N) is 3. The van der Waals surface area contributed by atoms with Gasteiger partial charge in [0.25, 0.3) is 5.91 Å². The average molecular weight is 499 g/mol. The Bertz CT molecular complexity index is 1030. The van der Waals surface area contributed by atoms with Crippen LogP contribution in [-0.4, -0.2) is 63.9 Å². The van der Waals surface area contributed by atoms with E-state index >= 15 is 0 Å². The van der Waals surface area contributed by atoms with Crippen LogP contribution in [0.1, 0.15) is 90.1 Å². The van der Waals surface area contributed by atoms with Gasteiger partial charge in [0.05, 0.1) is 18.3 Å². The molecule has 7 heteroatoms. The minimum atomic E-state index is -0.945. The van der Waals surface area contributed by atoms with Crippen LogP contribution in [0.2, 0.25) is 0 Å². The molecule has 2 aliphatic heterocycles. The fraction of sp³-hybridized carbons (Fsp3) is 0.724. The van der Waals surface area contributed by atoms with E-state index in [0.717, 1.165) is 38.0 Å². The molecule has 5 rings (SSSR count). The second-order valence-corrected chi connectivity index (χ2v) is 11.1. The molecule has 2 fully saturated rings. The third-order valence-electron chi connectivity index (χ3n) is 8.90. The van der Waals surface area contributed by atoms with Crippen molar-refractivity contribution < 1.29 is 14.0 Å². The molecule has 7 nitrogen and oxygen atoms in total. The Kier molecular flexibility index (Phi) is 8.48. The fourth-order valence-electron chi connectivity index (χ4n) is 6.33. The summed E-state index contributed by atoms with van der Waals surface area (Å²) in [6, 6.07) is 3.89. The smallest absolute Gasteiger partial charge is 0.271 e. The predicted molar refractivity (Wildman–Crippen MR) is 144 cm³/mol. The molecule has 0 spiro atoms. The summed E-state index contributed by atoms with van der Waals surface area (Å²) >= 11 is 0. The summed E-state index contributed by atoms with van der Waals surface area (Å²) in [5.74, 6) is 0.934. The lowest BCUT2D eigenvalue weighted by Crippen LogP contribution is -2.66. The number of rotatable bonds is 5. The Hall–Kier alpha value is -2.28. The predicted octanol–water partition coefficient (Wildman–Crippen LogP) is 5.29. The molecule has 0 bridgehead atoms. The van der Waals surface area contributed by atoms with Gasteiger partial charge < -0.3 is 24.1 Å². The van der Waals surface area contributed by atoms with E-state index in [1.54, 1.807) is 6.26 Å². The second-order valence-electron chi connectivity index (χ2n) is 11.1. The van der Waals surface area contributed by atoms with Crippen LogP contribution in [-0.2, 0) is 11.3 Å². The molecule has 1 saturated heterocycles. The number of hydrogen-bond acceptors (Lipinski definition) is 4. The highest BCUT2D eigenvalue weighted by Crippen LogP contribution is 2.34. The van der Waals surface area contributed by atoms with E-state index in [0.29, 0.717) is 36.2 Å². The number of amides is 2. The second kappa shape index (κ2) is 11.4. The molecule has 1 saturated carbocycles. The number of aromatic nitrogens is 1. The number of hydrogen-bond donors (Lipinski definition) is 1. The van der Waals surface area contributed by atoms with Crippen LogP contribution in [0.15, 0.2) is 22.8 Å². The molecule has 0 aromatic carbocycles. The minimum Gasteiger partial charge on any atom is -0.463 e. The third-order valence-corrected chi connectivity index (χ3v) is 8.90. The van der Waals surface area contributed by atoms with Crippen LogP contribution in [0.25, 0.3) is 11.1 Å². The van der Waals surface area contributed by atoms with E-state index in [2.05, 4.69) is 24.1 Å². The van der Waals surface area contributed by atoms with Crippen molar-refractivity contribution >= 4 is 22.9 Å². The van der Waals surface area contributed by atoms with Gasteiger partial charge in [0.1, 0.15) is 11.2 Å². The first kappa shape index (κ1) is 26.8.